The third-order valence-electron chi connectivity index (χ3n) is 3.97. The molecule has 1 aromatic rings. The quantitative estimate of drug-likeness (QED) is 0.818. The lowest BCUT2D eigenvalue weighted by Crippen LogP contribution is -2.39. The predicted octanol–water partition coefficient (Wildman–Crippen LogP) is 1.60. The van der Waals surface area contributed by atoms with E-state index in [4.69, 9.17) is 4.74 Å². The molecule has 0 N–H and O–H groups in total. The summed E-state index contributed by atoms with van der Waals surface area (Å²) in [6, 6.07) is 3.48. The molecule has 0 radical (unpaired) electrons. The van der Waals surface area contributed by atoms with E-state index in [-0.39, 0.29) is 24.8 Å². The highest BCUT2D eigenvalue weighted by molar-refractivity contribution is 5.79. The number of carbonyl (C=O) groups excluding carboxylic acids is 2. The number of nitrogens with zero attached hydrogens (tertiary/aromatic N) is 2. The molecular formula is C17H22F2N2O3. The van der Waals surface area contributed by atoms with Crippen LogP contribution >= 0.6 is 0 Å². The van der Waals surface area contributed by atoms with Gasteiger partial charge in [-0.2, -0.15) is 0 Å². The van der Waals surface area contributed by atoms with Crippen molar-refractivity contribution in [3.8, 4) is 0 Å². The largest absolute Gasteiger partial charge is 0.372 e. The average molecular weight is 340 g/mol. The maximum absolute atomic E-state index is 13.2. The highest BCUT2D eigenvalue weighted by Gasteiger charge is 2.22. The molecule has 2 rings (SSSR count). The number of amides is 2. The van der Waals surface area contributed by atoms with Crippen LogP contribution in [0, 0.1) is 11.6 Å². The van der Waals surface area contributed by atoms with E-state index >= 15 is 0 Å². The van der Waals surface area contributed by atoms with E-state index in [0.717, 1.165) is 12.1 Å². The highest BCUT2D eigenvalue weighted by atomic mass is 19.2. The first kappa shape index (κ1) is 18.3. The molecule has 0 aromatic heterocycles. The molecule has 24 heavy (non-hydrogen) atoms. The van der Waals surface area contributed by atoms with Gasteiger partial charge in [0.15, 0.2) is 11.6 Å². The first-order valence-corrected chi connectivity index (χ1v) is 8.08. The van der Waals surface area contributed by atoms with Crippen molar-refractivity contribution in [1.29, 1.82) is 0 Å². The summed E-state index contributed by atoms with van der Waals surface area (Å²) >= 11 is 0. The van der Waals surface area contributed by atoms with Gasteiger partial charge in [0, 0.05) is 32.8 Å². The van der Waals surface area contributed by atoms with Gasteiger partial charge in [0.1, 0.15) is 6.61 Å². The fourth-order valence-electron chi connectivity index (χ4n) is 2.63. The molecule has 1 fully saturated rings. The zero-order valence-electron chi connectivity index (χ0n) is 13.8. The molecule has 2 amide bonds. The summed E-state index contributed by atoms with van der Waals surface area (Å²) in [6.45, 7) is 4.38. The van der Waals surface area contributed by atoms with Crippen LogP contribution in [0.15, 0.2) is 18.2 Å². The molecule has 1 aromatic carbocycles. The Morgan fingerprint density at radius 2 is 1.71 bits per heavy atom. The van der Waals surface area contributed by atoms with Crippen LogP contribution in [0.5, 0.6) is 0 Å². The van der Waals surface area contributed by atoms with Gasteiger partial charge in [-0.05, 0) is 31.0 Å². The average Bonchev–Trinajstić information content (AvgIpc) is 2.82. The topological polar surface area (TPSA) is 49.9 Å². The fourth-order valence-corrected chi connectivity index (χ4v) is 2.63. The minimum atomic E-state index is -0.955. The molecule has 1 aliphatic rings. The van der Waals surface area contributed by atoms with E-state index in [9.17, 15) is 18.4 Å². The zero-order valence-corrected chi connectivity index (χ0v) is 13.8. The van der Waals surface area contributed by atoms with Crippen molar-refractivity contribution in [2.45, 2.75) is 19.8 Å². The van der Waals surface area contributed by atoms with Crippen molar-refractivity contribution in [2.24, 2.45) is 0 Å². The molecule has 0 aliphatic carbocycles. The summed E-state index contributed by atoms with van der Waals surface area (Å²) in [6.07, 6.45) is 0.700. The minimum absolute atomic E-state index is 0.0179. The fraction of sp³-hybridized carbons (Fsp3) is 0.529. The van der Waals surface area contributed by atoms with Gasteiger partial charge in [-0.15, -0.1) is 0 Å². The number of rotatable bonds is 5. The lowest BCUT2D eigenvalue weighted by atomic mass is 10.1. The van der Waals surface area contributed by atoms with Crippen LogP contribution in [0.3, 0.4) is 0 Å². The molecule has 0 unspecified atom stereocenters. The Balaban J connectivity index is 1.89. The Hall–Kier alpha value is -2.02. The molecule has 0 atom stereocenters. The van der Waals surface area contributed by atoms with Crippen molar-refractivity contribution in [3.05, 3.63) is 35.4 Å². The molecular weight excluding hydrogens is 318 g/mol. The maximum Gasteiger partial charge on any atom is 0.248 e. The second-order valence-electron chi connectivity index (χ2n) is 5.68. The van der Waals surface area contributed by atoms with Gasteiger partial charge in [0.25, 0.3) is 0 Å². The molecule has 7 heteroatoms. The van der Waals surface area contributed by atoms with Crippen molar-refractivity contribution >= 4 is 11.8 Å². The van der Waals surface area contributed by atoms with Gasteiger partial charge in [0.05, 0.1) is 6.42 Å². The summed E-state index contributed by atoms with van der Waals surface area (Å²) in [5.41, 5.74) is 0.437. The SMILES string of the molecule is CCOCC(=O)N1CCCN(C(=O)Cc2ccc(F)c(F)c2)CC1. The van der Waals surface area contributed by atoms with Crippen LogP contribution in [0.25, 0.3) is 0 Å². The van der Waals surface area contributed by atoms with Gasteiger partial charge in [0.2, 0.25) is 11.8 Å². The Kier molecular flexibility index (Phi) is 6.66. The number of ether oxygens (including phenoxy) is 1. The summed E-state index contributed by atoms with van der Waals surface area (Å²) < 4.78 is 31.3. The summed E-state index contributed by atoms with van der Waals surface area (Å²) in [7, 11) is 0. The molecule has 0 spiro atoms. The lowest BCUT2D eigenvalue weighted by molar-refractivity contribution is -0.136. The Labute approximate surface area is 140 Å². The third kappa shape index (κ3) is 4.99. The first-order chi connectivity index (χ1) is 11.5. The molecule has 1 aliphatic heterocycles. The smallest absolute Gasteiger partial charge is 0.248 e. The van der Waals surface area contributed by atoms with Crippen LogP contribution in [0.2, 0.25) is 0 Å². The molecule has 0 saturated carbocycles. The van der Waals surface area contributed by atoms with Crippen molar-refractivity contribution in [3.63, 3.8) is 0 Å². The minimum Gasteiger partial charge on any atom is -0.372 e. The zero-order chi connectivity index (χ0) is 17.5. The van der Waals surface area contributed by atoms with E-state index in [2.05, 4.69) is 0 Å². The van der Waals surface area contributed by atoms with Gasteiger partial charge in [-0.25, -0.2) is 8.78 Å². The Morgan fingerprint density at radius 3 is 2.33 bits per heavy atom. The lowest BCUT2D eigenvalue weighted by Gasteiger charge is -2.22. The number of hydrogen-bond donors (Lipinski definition) is 0. The Bertz CT molecular complexity index is 595. The standard InChI is InChI=1S/C17H22F2N2O3/c1-2-24-12-17(23)21-7-3-6-20(8-9-21)16(22)11-13-4-5-14(18)15(19)10-13/h4-5,10H,2-3,6-9,11-12H2,1H3. The van der Waals surface area contributed by atoms with Gasteiger partial charge in [-0.1, -0.05) is 6.07 Å². The van der Waals surface area contributed by atoms with Crippen molar-refractivity contribution in [1.82, 2.24) is 9.80 Å². The van der Waals surface area contributed by atoms with Crippen LogP contribution in [0.4, 0.5) is 8.78 Å². The Morgan fingerprint density at radius 1 is 1.04 bits per heavy atom. The van der Waals surface area contributed by atoms with Gasteiger partial charge >= 0.3 is 0 Å². The number of halogens is 2. The summed E-state index contributed by atoms with van der Waals surface area (Å²) in [5.74, 6) is -2.11. The van der Waals surface area contributed by atoms with Crippen molar-refractivity contribution in [2.75, 3.05) is 39.4 Å². The summed E-state index contributed by atoms with van der Waals surface area (Å²) in [5, 5.41) is 0. The van der Waals surface area contributed by atoms with Crippen LogP contribution < -0.4 is 0 Å². The van der Waals surface area contributed by atoms with E-state index in [1.165, 1.54) is 6.07 Å². The predicted molar refractivity (Wildman–Crippen MR) is 84.3 cm³/mol. The summed E-state index contributed by atoms with van der Waals surface area (Å²) in [4.78, 5) is 27.7. The molecule has 5 nitrogen and oxygen atoms in total. The molecule has 1 heterocycles. The second-order valence-corrected chi connectivity index (χ2v) is 5.68. The molecule has 1 saturated heterocycles. The monoisotopic (exact) mass is 340 g/mol. The van der Waals surface area contributed by atoms with Crippen LogP contribution in [0.1, 0.15) is 18.9 Å². The van der Waals surface area contributed by atoms with E-state index in [1.54, 1.807) is 9.80 Å². The number of carbonyl (C=O) groups is 2. The molecule has 0 bridgehead atoms. The van der Waals surface area contributed by atoms with Gasteiger partial charge < -0.3 is 14.5 Å². The van der Waals surface area contributed by atoms with Crippen LogP contribution in [-0.4, -0.2) is 61.0 Å². The maximum atomic E-state index is 13.2. The number of benzene rings is 1. The van der Waals surface area contributed by atoms with E-state index in [0.29, 0.717) is 44.8 Å². The van der Waals surface area contributed by atoms with E-state index in [1.807, 2.05) is 6.92 Å². The normalized spacial score (nSPS) is 15.3. The third-order valence-corrected chi connectivity index (χ3v) is 3.97. The highest BCUT2D eigenvalue weighted by Crippen LogP contribution is 2.12. The number of hydrogen-bond acceptors (Lipinski definition) is 3. The van der Waals surface area contributed by atoms with E-state index < -0.39 is 11.6 Å². The van der Waals surface area contributed by atoms with Crippen molar-refractivity contribution < 1.29 is 23.1 Å². The second kappa shape index (κ2) is 8.73. The molecule has 132 valence electrons. The van der Waals surface area contributed by atoms with Gasteiger partial charge in [-0.3, -0.25) is 9.59 Å². The van der Waals surface area contributed by atoms with Crippen LogP contribution in [-0.2, 0) is 20.7 Å². The first-order valence-electron chi connectivity index (χ1n) is 8.08.